The lowest BCUT2D eigenvalue weighted by Gasteiger charge is -2.31. The van der Waals surface area contributed by atoms with Crippen LogP contribution < -0.4 is 0 Å². The van der Waals surface area contributed by atoms with Crippen molar-refractivity contribution in [2.24, 2.45) is 0 Å². The molecular formula is C19H25N3O2. The van der Waals surface area contributed by atoms with E-state index in [1.807, 2.05) is 53.8 Å². The third kappa shape index (κ3) is 3.51. The van der Waals surface area contributed by atoms with Gasteiger partial charge >= 0.3 is 0 Å². The van der Waals surface area contributed by atoms with E-state index < -0.39 is 0 Å². The van der Waals surface area contributed by atoms with Crippen molar-refractivity contribution in [3.63, 3.8) is 0 Å². The third-order valence-corrected chi connectivity index (χ3v) is 4.62. The van der Waals surface area contributed by atoms with E-state index in [4.69, 9.17) is 4.74 Å². The molecule has 0 spiro atoms. The quantitative estimate of drug-likeness (QED) is 0.867. The lowest BCUT2D eigenvalue weighted by molar-refractivity contribution is -0.138. The van der Waals surface area contributed by atoms with Crippen LogP contribution in [0.1, 0.15) is 30.3 Å². The van der Waals surface area contributed by atoms with Crippen LogP contribution >= 0.6 is 0 Å². The highest BCUT2D eigenvalue weighted by Gasteiger charge is 2.22. The molecule has 5 heteroatoms. The molecule has 1 amide bonds. The van der Waals surface area contributed by atoms with Crippen LogP contribution in [0, 0.1) is 13.8 Å². The van der Waals surface area contributed by atoms with Crippen LogP contribution in [-0.2, 0) is 16.0 Å². The maximum atomic E-state index is 12.5. The van der Waals surface area contributed by atoms with E-state index in [1.165, 1.54) is 5.56 Å². The Morgan fingerprint density at radius 3 is 2.75 bits per heavy atom. The molecule has 5 nitrogen and oxygen atoms in total. The number of rotatable bonds is 4. The molecule has 0 saturated carbocycles. The summed E-state index contributed by atoms with van der Waals surface area (Å²) in [4.78, 5) is 14.4. The first-order valence-corrected chi connectivity index (χ1v) is 8.56. The molecule has 0 unspecified atom stereocenters. The van der Waals surface area contributed by atoms with Gasteiger partial charge < -0.3 is 9.64 Å². The lowest BCUT2D eigenvalue weighted by Crippen LogP contribution is -2.44. The average Bonchev–Trinajstić information content (AvgIpc) is 2.88. The van der Waals surface area contributed by atoms with Crippen LogP contribution in [-0.4, -0.2) is 46.4 Å². The topological polar surface area (TPSA) is 47.4 Å². The van der Waals surface area contributed by atoms with E-state index in [0.717, 1.165) is 23.5 Å². The van der Waals surface area contributed by atoms with Crippen molar-refractivity contribution in [1.82, 2.24) is 14.7 Å². The van der Waals surface area contributed by atoms with Crippen LogP contribution in [0.5, 0.6) is 0 Å². The van der Waals surface area contributed by atoms with Gasteiger partial charge in [0.1, 0.15) is 0 Å². The van der Waals surface area contributed by atoms with Gasteiger partial charge in [-0.2, -0.15) is 5.10 Å². The standard InChI is InChI=1S/C19H25N3O2/c1-14-13-21(11-12-24-14)19(23)10-9-18-15(2)20-22(16(18)3)17-7-5-4-6-8-17/h4-8,14H,9-13H2,1-3H3/t14-/m1/s1. The van der Waals surface area contributed by atoms with Crippen molar-refractivity contribution in [2.45, 2.75) is 39.7 Å². The number of ether oxygens (including phenoxy) is 1. The molecule has 1 aromatic heterocycles. The second kappa shape index (κ2) is 7.18. The summed E-state index contributed by atoms with van der Waals surface area (Å²) in [5, 5.41) is 4.65. The van der Waals surface area contributed by atoms with Gasteiger partial charge in [-0.15, -0.1) is 0 Å². The normalized spacial score (nSPS) is 18.0. The van der Waals surface area contributed by atoms with Crippen molar-refractivity contribution in [3.8, 4) is 5.69 Å². The molecule has 1 aromatic carbocycles. The summed E-state index contributed by atoms with van der Waals surface area (Å²) in [6, 6.07) is 10.1. The molecule has 2 heterocycles. The van der Waals surface area contributed by atoms with Gasteiger partial charge in [-0.1, -0.05) is 18.2 Å². The van der Waals surface area contributed by atoms with Gasteiger partial charge in [0.25, 0.3) is 0 Å². The number of nitrogens with zero attached hydrogens (tertiary/aromatic N) is 3. The van der Waals surface area contributed by atoms with Gasteiger partial charge in [-0.05, 0) is 44.9 Å². The van der Waals surface area contributed by atoms with Gasteiger partial charge in [0, 0.05) is 25.2 Å². The molecule has 0 N–H and O–H groups in total. The van der Waals surface area contributed by atoms with Crippen molar-refractivity contribution in [3.05, 3.63) is 47.3 Å². The zero-order valence-electron chi connectivity index (χ0n) is 14.7. The molecule has 24 heavy (non-hydrogen) atoms. The molecular weight excluding hydrogens is 302 g/mol. The number of morpholine rings is 1. The van der Waals surface area contributed by atoms with E-state index >= 15 is 0 Å². The van der Waals surface area contributed by atoms with Gasteiger partial charge in [-0.3, -0.25) is 4.79 Å². The fraction of sp³-hybridized carbons (Fsp3) is 0.474. The molecule has 0 aliphatic carbocycles. The van der Waals surface area contributed by atoms with Crippen LogP contribution in [0.2, 0.25) is 0 Å². The summed E-state index contributed by atoms with van der Waals surface area (Å²) >= 11 is 0. The fourth-order valence-electron chi connectivity index (χ4n) is 3.29. The van der Waals surface area contributed by atoms with Gasteiger partial charge in [-0.25, -0.2) is 4.68 Å². The van der Waals surface area contributed by atoms with Crippen molar-refractivity contribution in [1.29, 1.82) is 0 Å². The number of hydrogen-bond acceptors (Lipinski definition) is 3. The Kier molecular flexibility index (Phi) is 5.00. The Morgan fingerprint density at radius 2 is 2.04 bits per heavy atom. The molecule has 1 aliphatic rings. The maximum Gasteiger partial charge on any atom is 0.223 e. The molecule has 2 aromatic rings. The predicted molar refractivity (Wildman–Crippen MR) is 93.4 cm³/mol. The largest absolute Gasteiger partial charge is 0.375 e. The SMILES string of the molecule is Cc1nn(-c2ccccc2)c(C)c1CCC(=O)N1CCO[C@H](C)C1. The van der Waals surface area contributed by atoms with Crippen LogP contribution in [0.15, 0.2) is 30.3 Å². The highest BCUT2D eigenvalue weighted by atomic mass is 16.5. The maximum absolute atomic E-state index is 12.5. The highest BCUT2D eigenvalue weighted by molar-refractivity contribution is 5.76. The molecule has 3 rings (SSSR count). The summed E-state index contributed by atoms with van der Waals surface area (Å²) < 4.78 is 7.47. The second-order valence-corrected chi connectivity index (χ2v) is 6.42. The minimum atomic E-state index is 0.131. The Hall–Kier alpha value is -2.14. The number of aromatic nitrogens is 2. The highest BCUT2D eigenvalue weighted by Crippen LogP contribution is 2.20. The van der Waals surface area contributed by atoms with Gasteiger partial charge in [0.15, 0.2) is 0 Å². The minimum absolute atomic E-state index is 0.131. The summed E-state index contributed by atoms with van der Waals surface area (Å²) in [6.45, 7) is 8.13. The Bertz CT molecular complexity index is 709. The molecule has 1 saturated heterocycles. The first-order chi connectivity index (χ1) is 11.6. The Morgan fingerprint density at radius 1 is 1.29 bits per heavy atom. The van der Waals surface area contributed by atoms with Gasteiger partial charge in [0.05, 0.1) is 24.1 Å². The fourth-order valence-corrected chi connectivity index (χ4v) is 3.29. The second-order valence-electron chi connectivity index (χ2n) is 6.42. The van der Waals surface area contributed by atoms with Crippen molar-refractivity contribution in [2.75, 3.05) is 19.7 Å². The Balaban J connectivity index is 1.69. The first-order valence-electron chi connectivity index (χ1n) is 8.56. The predicted octanol–water partition coefficient (Wildman–Crippen LogP) is 2.67. The van der Waals surface area contributed by atoms with Crippen LogP contribution in [0.4, 0.5) is 0 Å². The lowest BCUT2D eigenvalue weighted by atomic mass is 10.1. The summed E-state index contributed by atoms with van der Waals surface area (Å²) in [6.07, 6.45) is 1.39. The smallest absolute Gasteiger partial charge is 0.223 e. The third-order valence-electron chi connectivity index (χ3n) is 4.62. The van der Waals surface area contributed by atoms with E-state index in [-0.39, 0.29) is 12.0 Å². The number of carbonyl (C=O) groups excluding carboxylic acids is 1. The summed E-state index contributed by atoms with van der Waals surface area (Å²) in [7, 11) is 0. The van der Waals surface area contributed by atoms with Crippen molar-refractivity contribution >= 4 is 5.91 Å². The number of aryl methyl sites for hydroxylation is 1. The van der Waals surface area contributed by atoms with E-state index in [9.17, 15) is 4.79 Å². The molecule has 1 atom stereocenters. The van der Waals surface area contributed by atoms with Crippen LogP contribution in [0.25, 0.3) is 5.69 Å². The van der Waals surface area contributed by atoms with Crippen molar-refractivity contribution < 1.29 is 9.53 Å². The molecule has 0 radical (unpaired) electrons. The van der Waals surface area contributed by atoms with E-state index in [0.29, 0.717) is 26.1 Å². The monoisotopic (exact) mass is 327 g/mol. The van der Waals surface area contributed by atoms with E-state index in [2.05, 4.69) is 12.0 Å². The van der Waals surface area contributed by atoms with Crippen LogP contribution in [0.3, 0.4) is 0 Å². The molecule has 128 valence electrons. The zero-order valence-corrected chi connectivity index (χ0v) is 14.7. The first kappa shape index (κ1) is 16.7. The molecule has 0 bridgehead atoms. The number of carbonyl (C=O) groups is 1. The summed E-state index contributed by atoms with van der Waals surface area (Å²) in [5.74, 6) is 0.205. The number of hydrogen-bond donors (Lipinski definition) is 0. The Labute approximate surface area is 143 Å². The molecule has 1 fully saturated rings. The van der Waals surface area contributed by atoms with Gasteiger partial charge in [0.2, 0.25) is 5.91 Å². The van der Waals surface area contributed by atoms with E-state index in [1.54, 1.807) is 0 Å². The zero-order chi connectivity index (χ0) is 17.1. The summed E-state index contributed by atoms with van der Waals surface area (Å²) in [5.41, 5.74) is 4.34. The number of amides is 1. The average molecular weight is 327 g/mol. The molecule has 1 aliphatic heterocycles. The minimum Gasteiger partial charge on any atom is -0.375 e. The number of benzene rings is 1. The number of para-hydroxylation sites is 1.